The molecule has 4 nitrogen and oxygen atoms in total. The van der Waals surface area contributed by atoms with E-state index in [9.17, 15) is 4.79 Å². The van der Waals surface area contributed by atoms with Gasteiger partial charge in [-0.2, -0.15) is 0 Å². The van der Waals surface area contributed by atoms with Crippen LogP contribution in [0.3, 0.4) is 0 Å². The molecule has 1 heterocycles. The van der Waals surface area contributed by atoms with E-state index in [0.29, 0.717) is 6.04 Å². The molecule has 18 heavy (non-hydrogen) atoms. The monoisotopic (exact) mass is 248 g/mol. The fourth-order valence-electron chi connectivity index (χ4n) is 1.91. The van der Waals surface area contributed by atoms with E-state index < -0.39 is 5.97 Å². The lowest BCUT2D eigenvalue weighted by molar-refractivity contribution is -0.131. The number of aryl methyl sites for hydroxylation is 1. The number of aromatic nitrogens is 1. The first-order valence-electron chi connectivity index (χ1n) is 6.10. The maximum absolute atomic E-state index is 10.5. The maximum atomic E-state index is 10.5. The zero-order chi connectivity index (χ0) is 13.7. The predicted octanol–water partition coefficient (Wildman–Crippen LogP) is 2.72. The van der Waals surface area contributed by atoms with E-state index in [1.165, 1.54) is 0 Å². The van der Waals surface area contributed by atoms with Gasteiger partial charge in [-0.25, -0.2) is 9.78 Å². The molecule has 0 atom stereocenters. The van der Waals surface area contributed by atoms with Gasteiger partial charge in [-0.1, -0.05) is 0 Å². The average Bonchev–Trinajstić information content (AvgIpc) is 2.29. The molecule has 0 bridgehead atoms. The Kier molecular flexibility index (Phi) is 4.89. The summed E-state index contributed by atoms with van der Waals surface area (Å²) in [5.41, 5.74) is 1.86. The fraction of sp³-hybridized carbons (Fsp3) is 0.429. The summed E-state index contributed by atoms with van der Waals surface area (Å²) < 4.78 is 0. The summed E-state index contributed by atoms with van der Waals surface area (Å²) in [5.74, 6) is 0.00840. The summed E-state index contributed by atoms with van der Waals surface area (Å²) in [6.45, 7) is 9.24. The standard InChI is InChI=1S/C14H20N2O2/c1-5-16(10(2)3)14-11(4)8-12(9-15-14)6-7-13(17)18/h6-10H,5H2,1-4H3,(H,17,18)/b7-6+. The Morgan fingerprint density at radius 3 is 2.67 bits per heavy atom. The van der Waals surface area contributed by atoms with Crippen LogP contribution in [0.4, 0.5) is 5.82 Å². The molecule has 0 radical (unpaired) electrons. The minimum absolute atomic E-state index is 0.390. The highest BCUT2D eigenvalue weighted by Crippen LogP contribution is 2.20. The van der Waals surface area contributed by atoms with Gasteiger partial charge in [0.2, 0.25) is 0 Å². The van der Waals surface area contributed by atoms with Crippen LogP contribution in [0.15, 0.2) is 18.3 Å². The van der Waals surface area contributed by atoms with Crippen LogP contribution in [0.1, 0.15) is 31.9 Å². The molecule has 0 aliphatic rings. The van der Waals surface area contributed by atoms with Crippen molar-refractivity contribution in [1.29, 1.82) is 0 Å². The van der Waals surface area contributed by atoms with E-state index in [4.69, 9.17) is 5.11 Å². The predicted molar refractivity (Wildman–Crippen MR) is 73.8 cm³/mol. The van der Waals surface area contributed by atoms with Crippen LogP contribution < -0.4 is 4.90 Å². The van der Waals surface area contributed by atoms with Crippen molar-refractivity contribution in [3.8, 4) is 0 Å². The van der Waals surface area contributed by atoms with E-state index in [0.717, 1.165) is 29.6 Å². The van der Waals surface area contributed by atoms with Crippen molar-refractivity contribution in [3.63, 3.8) is 0 Å². The second-order valence-corrected chi connectivity index (χ2v) is 4.46. The third kappa shape index (κ3) is 3.58. The molecule has 98 valence electrons. The van der Waals surface area contributed by atoms with Crippen LogP contribution in [0.5, 0.6) is 0 Å². The summed E-state index contributed by atoms with van der Waals surface area (Å²) in [7, 11) is 0. The Labute approximate surface area is 108 Å². The average molecular weight is 248 g/mol. The number of hydrogen-bond donors (Lipinski definition) is 1. The zero-order valence-corrected chi connectivity index (χ0v) is 11.3. The summed E-state index contributed by atoms with van der Waals surface area (Å²) in [6.07, 6.45) is 4.38. The highest BCUT2D eigenvalue weighted by Gasteiger charge is 2.12. The second kappa shape index (κ2) is 6.19. The van der Waals surface area contributed by atoms with Gasteiger partial charge in [0.25, 0.3) is 0 Å². The molecule has 0 saturated heterocycles. The van der Waals surface area contributed by atoms with Gasteiger partial charge in [0.15, 0.2) is 0 Å². The number of hydrogen-bond acceptors (Lipinski definition) is 3. The molecule has 0 fully saturated rings. The van der Waals surface area contributed by atoms with Crippen LogP contribution in [0, 0.1) is 6.92 Å². The van der Waals surface area contributed by atoms with E-state index in [2.05, 4.69) is 30.7 Å². The first-order chi connectivity index (χ1) is 8.45. The van der Waals surface area contributed by atoms with Crippen molar-refractivity contribution in [2.45, 2.75) is 33.7 Å². The molecule has 1 N–H and O–H groups in total. The lowest BCUT2D eigenvalue weighted by atomic mass is 10.1. The highest BCUT2D eigenvalue weighted by molar-refractivity contribution is 5.85. The van der Waals surface area contributed by atoms with Gasteiger partial charge in [-0.3, -0.25) is 0 Å². The van der Waals surface area contributed by atoms with Gasteiger partial charge in [0, 0.05) is 24.9 Å². The summed E-state index contributed by atoms with van der Waals surface area (Å²) in [6, 6.07) is 2.34. The van der Waals surface area contributed by atoms with Crippen molar-refractivity contribution in [2.24, 2.45) is 0 Å². The SMILES string of the molecule is CCN(c1ncc(/C=C/C(=O)O)cc1C)C(C)C. The van der Waals surface area contributed by atoms with Crippen LogP contribution in [-0.4, -0.2) is 28.6 Å². The molecule has 0 unspecified atom stereocenters. The number of rotatable bonds is 5. The van der Waals surface area contributed by atoms with Gasteiger partial charge in [0.1, 0.15) is 5.82 Å². The Morgan fingerprint density at radius 2 is 2.22 bits per heavy atom. The molecule has 0 spiro atoms. The third-order valence-electron chi connectivity index (χ3n) is 2.73. The van der Waals surface area contributed by atoms with Crippen molar-refractivity contribution < 1.29 is 9.90 Å². The summed E-state index contributed by atoms with van der Waals surface area (Å²) in [4.78, 5) is 17.1. The number of aliphatic carboxylic acids is 1. The molecule has 1 aromatic heterocycles. The van der Waals surface area contributed by atoms with Crippen LogP contribution >= 0.6 is 0 Å². The minimum Gasteiger partial charge on any atom is -0.478 e. The Hall–Kier alpha value is -1.84. The zero-order valence-electron chi connectivity index (χ0n) is 11.3. The molecule has 1 aromatic rings. The maximum Gasteiger partial charge on any atom is 0.328 e. The molecule has 0 aliphatic heterocycles. The molecular weight excluding hydrogens is 228 g/mol. The van der Waals surface area contributed by atoms with Crippen molar-refractivity contribution in [1.82, 2.24) is 4.98 Å². The van der Waals surface area contributed by atoms with E-state index in [1.54, 1.807) is 12.3 Å². The summed E-state index contributed by atoms with van der Waals surface area (Å²) >= 11 is 0. The largest absolute Gasteiger partial charge is 0.478 e. The molecule has 0 aromatic carbocycles. The minimum atomic E-state index is -0.950. The first-order valence-corrected chi connectivity index (χ1v) is 6.10. The molecule has 0 saturated carbocycles. The first kappa shape index (κ1) is 14.2. The Bertz CT molecular complexity index is 453. The van der Waals surface area contributed by atoms with E-state index in [1.807, 2.05) is 13.0 Å². The highest BCUT2D eigenvalue weighted by atomic mass is 16.4. The number of carboxylic acid groups (broad SMARTS) is 1. The van der Waals surface area contributed by atoms with Gasteiger partial charge in [-0.05, 0) is 51.0 Å². The second-order valence-electron chi connectivity index (χ2n) is 4.46. The van der Waals surface area contributed by atoms with Crippen molar-refractivity contribution in [2.75, 3.05) is 11.4 Å². The van der Waals surface area contributed by atoms with Crippen LogP contribution in [0.2, 0.25) is 0 Å². The van der Waals surface area contributed by atoms with Crippen molar-refractivity contribution in [3.05, 3.63) is 29.5 Å². The van der Waals surface area contributed by atoms with Gasteiger partial charge in [0.05, 0.1) is 0 Å². The number of anilines is 1. The Morgan fingerprint density at radius 1 is 1.56 bits per heavy atom. The normalized spacial score (nSPS) is 11.2. The van der Waals surface area contributed by atoms with Crippen molar-refractivity contribution >= 4 is 17.9 Å². The third-order valence-corrected chi connectivity index (χ3v) is 2.73. The van der Waals surface area contributed by atoms with Crippen LogP contribution in [-0.2, 0) is 4.79 Å². The van der Waals surface area contributed by atoms with Crippen LogP contribution in [0.25, 0.3) is 6.08 Å². The molecule has 0 aliphatic carbocycles. The number of carboxylic acids is 1. The van der Waals surface area contributed by atoms with E-state index >= 15 is 0 Å². The van der Waals surface area contributed by atoms with Gasteiger partial charge < -0.3 is 10.0 Å². The van der Waals surface area contributed by atoms with Gasteiger partial charge in [-0.15, -0.1) is 0 Å². The number of pyridine rings is 1. The number of carbonyl (C=O) groups is 1. The lowest BCUT2D eigenvalue weighted by Gasteiger charge is -2.27. The Balaban J connectivity index is 3.02. The van der Waals surface area contributed by atoms with Gasteiger partial charge >= 0.3 is 5.97 Å². The molecule has 0 amide bonds. The lowest BCUT2D eigenvalue weighted by Crippen LogP contribution is -2.31. The molecule has 4 heteroatoms. The molecular formula is C14H20N2O2. The van der Waals surface area contributed by atoms with E-state index in [-0.39, 0.29) is 0 Å². The quantitative estimate of drug-likeness (QED) is 0.814. The number of nitrogens with zero attached hydrogens (tertiary/aromatic N) is 2. The smallest absolute Gasteiger partial charge is 0.328 e. The molecule has 1 rings (SSSR count). The summed E-state index contributed by atoms with van der Waals surface area (Å²) in [5, 5.41) is 8.58. The topological polar surface area (TPSA) is 53.4 Å². The fourth-order valence-corrected chi connectivity index (χ4v) is 1.91.